The molecule has 2 saturated heterocycles. The molecule has 7 nitrogen and oxygen atoms in total. The lowest BCUT2D eigenvalue weighted by Gasteiger charge is -2.36. The van der Waals surface area contributed by atoms with E-state index in [1.165, 1.54) is 10.6 Å². The highest BCUT2D eigenvalue weighted by atomic mass is 16.2. The number of likely N-dealkylation sites (N-methyl/N-ethyl adjacent to an activating group) is 1. The summed E-state index contributed by atoms with van der Waals surface area (Å²) in [6.45, 7) is 9.71. The van der Waals surface area contributed by atoms with Crippen LogP contribution in [-0.2, 0) is 14.4 Å². The summed E-state index contributed by atoms with van der Waals surface area (Å²) >= 11 is 0. The third kappa shape index (κ3) is 4.61. The predicted molar refractivity (Wildman–Crippen MR) is 121 cm³/mol. The van der Waals surface area contributed by atoms with Crippen molar-refractivity contribution < 1.29 is 14.4 Å². The van der Waals surface area contributed by atoms with E-state index in [1.54, 1.807) is 0 Å². The average Bonchev–Trinajstić information content (AvgIpc) is 3.02. The number of imide groups is 1. The number of nitrogens with zero attached hydrogens (tertiary/aromatic N) is 3. The smallest absolute Gasteiger partial charge is 0.233 e. The van der Waals surface area contributed by atoms with E-state index in [0.29, 0.717) is 0 Å². The highest BCUT2D eigenvalue weighted by Crippen LogP contribution is 2.38. The van der Waals surface area contributed by atoms with Gasteiger partial charge in [0.05, 0.1) is 11.8 Å². The van der Waals surface area contributed by atoms with Crippen LogP contribution in [0, 0.1) is 18.8 Å². The Morgan fingerprint density at radius 1 is 1.03 bits per heavy atom. The molecule has 3 amide bonds. The van der Waals surface area contributed by atoms with Crippen molar-refractivity contribution in [2.24, 2.45) is 11.8 Å². The van der Waals surface area contributed by atoms with Crippen molar-refractivity contribution in [2.75, 3.05) is 49.5 Å². The Morgan fingerprint density at radius 3 is 2.26 bits per heavy atom. The molecular formula is C24H34N4O3. The molecule has 7 heteroatoms. The number of piperazine rings is 1. The molecule has 1 aromatic rings. The highest BCUT2D eigenvalue weighted by molar-refractivity contribution is 6.05. The zero-order valence-corrected chi connectivity index (χ0v) is 18.7. The van der Waals surface area contributed by atoms with Crippen molar-refractivity contribution in [1.82, 2.24) is 9.80 Å². The van der Waals surface area contributed by atoms with Crippen LogP contribution in [-0.4, -0.2) is 66.8 Å². The van der Waals surface area contributed by atoms with E-state index in [1.807, 2.05) is 12.1 Å². The van der Waals surface area contributed by atoms with Crippen LogP contribution in [0.4, 0.5) is 11.4 Å². The molecule has 2 atom stereocenters. The molecule has 3 aliphatic rings. The molecule has 1 saturated carbocycles. The van der Waals surface area contributed by atoms with Crippen LogP contribution in [0.3, 0.4) is 0 Å². The molecule has 0 radical (unpaired) electrons. The molecule has 0 aromatic heterocycles. The topological polar surface area (TPSA) is 73.0 Å². The maximum Gasteiger partial charge on any atom is 0.233 e. The number of amides is 3. The molecule has 168 valence electrons. The van der Waals surface area contributed by atoms with E-state index in [4.69, 9.17) is 0 Å². The zero-order valence-electron chi connectivity index (χ0n) is 18.7. The van der Waals surface area contributed by atoms with Crippen molar-refractivity contribution in [3.63, 3.8) is 0 Å². The van der Waals surface area contributed by atoms with Crippen LogP contribution >= 0.6 is 0 Å². The first-order valence-electron chi connectivity index (χ1n) is 11.7. The van der Waals surface area contributed by atoms with Crippen LogP contribution < -0.4 is 10.2 Å². The van der Waals surface area contributed by atoms with Gasteiger partial charge in [0, 0.05) is 50.5 Å². The number of rotatable bonds is 6. The lowest BCUT2D eigenvalue weighted by Crippen LogP contribution is -2.46. The predicted octanol–water partition coefficient (Wildman–Crippen LogP) is 2.64. The Labute approximate surface area is 184 Å². The number of anilines is 2. The molecule has 4 rings (SSSR count). The lowest BCUT2D eigenvalue weighted by molar-refractivity contribution is -0.140. The van der Waals surface area contributed by atoms with Crippen LogP contribution in [0.5, 0.6) is 0 Å². The Morgan fingerprint density at radius 2 is 1.68 bits per heavy atom. The molecule has 3 fully saturated rings. The highest BCUT2D eigenvalue weighted by Gasteiger charge is 2.47. The number of likely N-dealkylation sites (tertiary alicyclic amines) is 1. The zero-order chi connectivity index (χ0) is 22.0. The Kier molecular flexibility index (Phi) is 6.60. The van der Waals surface area contributed by atoms with Gasteiger partial charge in [-0.2, -0.15) is 0 Å². The molecule has 2 heterocycles. The molecule has 0 spiro atoms. The van der Waals surface area contributed by atoms with E-state index in [2.05, 4.69) is 35.0 Å². The quantitative estimate of drug-likeness (QED) is 0.708. The van der Waals surface area contributed by atoms with Gasteiger partial charge >= 0.3 is 0 Å². The molecule has 31 heavy (non-hydrogen) atoms. The second-order valence-corrected chi connectivity index (χ2v) is 9.05. The number of fused-ring (bicyclic) bond motifs is 1. The standard InChI is InChI=1S/C24H34N4O3/c1-3-26-12-14-27(15-13-26)21-9-8-18(16-17(21)2)25-22(29)10-11-28-23(30)19-6-4-5-7-20(19)24(28)31/h8-9,16,19-20H,3-7,10-15H2,1-2H3,(H,25,29)/t19-,20+. The Hall–Kier alpha value is -2.41. The monoisotopic (exact) mass is 426 g/mol. The third-order valence-electron chi connectivity index (χ3n) is 7.14. The fraction of sp³-hybridized carbons (Fsp3) is 0.625. The molecule has 1 aromatic carbocycles. The van der Waals surface area contributed by atoms with Crippen molar-refractivity contribution in [2.45, 2.75) is 46.0 Å². The van der Waals surface area contributed by atoms with Gasteiger partial charge in [0.1, 0.15) is 0 Å². The largest absolute Gasteiger partial charge is 0.369 e. The number of carbonyl (C=O) groups is 3. The van der Waals surface area contributed by atoms with Crippen molar-refractivity contribution in [3.8, 4) is 0 Å². The summed E-state index contributed by atoms with van der Waals surface area (Å²) in [7, 11) is 0. The molecule has 0 bridgehead atoms. The number of carbonyl (C=O) groups excluding carboxylic acids is 3. The van der Waals surface area contributed by atoms with Gasteiger partial charge in [-0.3, -0.25) is 19.3 Å². The average molecular weight is 427 g/mol. The minimum atomic E-state index is -0.167. The van der Waals surface area contributed by atoms with Crippen LogP contribution in [0.1, 0.15) is 44.6 Å². The summed E-state index contributed by atoms with van der Waals surface area (Å²) < 4.78 is 0. The fourth-order valence-corrected chi connectivity index (χ4v) is 5.28. The number of aryl methyl sites for hydroxylation is 1. The minimum absolute atomic E-state index is 0.0779. The van der Waals surface area contributed by atoms with E-state index in [-0.39, 0.29) is 42.5 Å². The summed E-state index contributed by atoms with van der Waals surface area (Å²) in [5, 5.41) is 2.93. The molecule has 0 unspecified atom stereocenters. The fourth-order valence-electron chi connectivity index (χ4n) is 5.28. The summed E-state index contributed by atoms with van der Waals surface area (Å²) in [5.74, 6) is -0.631. The summed E-state index contributed by atoms with van der Waals surface area (Å²) in [5.41, 5.74) is 3.10. The maximum absolute atomic E-state index is 12.6. The normalized spacial score (nSPS) is 24.5. The van der Waals surface area contributed by atoms with Gasteiger partial charge in [-0.1, -0.05) is 19.8 Å². The van der Waals surface area contributed by atoms with E-state index >= 15 is 0 Å². The van der Waals surface area contributed by atoms with Gasteiger partial charge in [-0.15, -0.1) is 0 Å². The SMILES string of the molecule is CCN1CCN(c2ccc(NC(=O)CCN3C(=O)[C@H]4CCCC[C@H]4C3=O)cc2C)CC1. The molecule has 2 aliphatic heterocycles. The van der Waals surface area contributed by atoms with E-state index in [0.717, 1.165) is 69.7 Å². The van der Waals surface area contributed by atoms with Gasteiger partial charge in [-0.05, 0) is 50.1 Å². The van der Waals surface area contributed by atoms with E-state index < -0.39 is 0 Å². The number of hydrogen-bond acceptors (Lipinski definition) is 5. The molecular weight excluding hydrogens is 392 g/mol. The van der Waals surface area contributed by atoms with Crippen molar-refractivity contribution in [3.05, 3.63) is 23.8 Å². The van der Waals surface area contributed by atoms with Crippen LogP contribution in [0.15, 0.2) is 18.2 Å². The van der Waals surface area contributed by atoms with Crippen LogP contribution in [0.25, 0.3) is 0 Å². The molecule has 1 N–H and O–H groups in total. The first kappa shape index (κ1) is 21.8. The first-order chi connectivity index (χ1) is 15.0. The third-order valence-corrected chi connectivity index (χ3v) is 7.14. The van der Waals surface area contributed by atoms with Gasteiger partial charge in [0.25, 0.3) is 0 Å². The second kappa shape index (κ2) is 9.39. The summed E-state index contributed by atoms with van der Waals surface area (Å²) in [4.78, 5) is 43.8. The Bertz CT molecular complexity index is 823. The molecule has 1 aliphatic carbocycles. The number of hydrogen-bond donors (Lipinski definition) is 1. The van der Waals surface area contributed by atoms with Gasteiger partial charge in [0.2, 0.25) is 17.7 Å². The number of benzene rings is 1. The lowest BCUT2D eigenvalue weighted by atomic mass is 9.81. The number of nitrogens with one attached hydrogen (secondary N) is 1. The van der Waals surface area contributed by atoms with Gasteiger partial charge in [0.15, 0.2) is 0 Å². The second-order valence-electron chi connectivity index (χ2n) is 9.05. The van der Waals surface area contributed by atoms with Gasteiger partial charge in [-0.25, -0.2) is 0 Å². The summed E-state index contributed by atoms with van der Waals surface area (Å²) in [6.07, 6.45) is 3.76. The maximum atomic E-state index is 12.6. The Balaban J connectivity index is 1.30. The van der Waals surface area contributed by atoms with Crippen LogP contribution in [0.2, 0.25) is 0 Å². The van der Waals surface area contributed by atoms with E-state index in [9.17, 15) is 14.4 Å². The van der Waals surface area contributed by atoms with Gasteiger partial charge < -0.3 is 15.1 Å². The van der Waals surface area contributed by atoms with Crippen molar-refractivity contribution >= 4 is 29.1 Å². The minimum Gasteiger partial charge on any atom is -0.369 e. The first-order valence-corrected chi connectivity index (χ1v) is 11.7. The summed E-state index contributed by atoms with van der Waals surface area (Å²) in [6, 6.07) is 6.01. The van der Waals surface area contributed by atoms with Crippen molar-refractivity contribution in [1.29, 1.82) is 0 Å².